The quantitative estimate of drug-likeness (QED) is 0.454. The summed E-state index contributed by atoms with van der Waals surface area (Å²) in [6, 6.07) is 12.1. The molecule has 3 heteroatoms. The number of esters is 1. The standard InChI is InChI=1S/C18H16O3/c1-2-17(20)21-18-12(9-10-19)7-8-15-14-6-4-3-5-13(14)11-16(15)18/h2-8,19H,1,9-11H2. The lowest BCUT2D eigenvalue weighted by molar-refractivity contribution is -0.129. The van der Waals surface area contributed by atoms with E-state index in [0.29, 0.717) is 12.2 Å². The number of aliphatic hydroxyl groups excluding tert-OH is 1. The molecule has 3 nitrogen and oxygen atoms in total. The number of hydrogen-bond donors (Lipinski definition) is 1. The predicted molar refractivity (Wildman–Crippen MR) is 81.3 cm³/mol. The molecule has 0 spiro atoms. The SMILES string of the molecule is C=CC(=O)Oc1c(CCO)ccc2c1Cc1ccccc1-2. The molecule has 0 amide bonds. The van der Waals surface area contributed by atoms with E-state index in [2.05, 4.69) is 18.7 Å². The number of hydrogen-bond acceptors (Lipinski definition) is 3. The second-order valence-electron chi connectivity index (χ2n) is 5.01. The van der Waals surface area contributed by atoms with E-state index in [4.69, 9.17) is 4.74 Å². The largest absolute Gasteiger partial charge is 0.423 e. The van der Waals surface area contributed by atoms with Crippen LogP contribution >= 0.6 is 0 Å². The van der Waals surface area contributed by atoms with Crippen LogP contribution in [0.25, 0.3) is 11.1 Å². The van der Waals surface area contributed by atoms with Crippen molar-refractivity contribution in [2.75, 3.05) is 6.61 Å². The monoisotopic (exact) mass is 280 g/mol. The first-order chi connectivity index (χ1) is 10.2. The molecule has 0 unspecified atom stereocenters. The average Bonchev–Trinajstić information content (AvgIpc) is 2.88. The third kappa shape index (κ3) is 2.36. The van der Waals surface area contributed by atoms with E-state index in [9.17, 15) is 9.90 Å². The third-order valence-electron chi connectivity index (χ3n) is 3.77. The highest BCUT2D eigenvalue weighted by molar-refractivity contribution is 5.86. The van der Waals surface area contributed by atoms with Crippen LogP contribution in [0.4, 0.5) is 0 Å². The zero-order valence-corrected chi connectivity index (χ0v) is 11.6. The van der Waals surface area contributed by atoms with E-state index in [1.165, 1.54) is 11.1 Å². The topological polar surface area (TPSA) is 46.5 Å². The zero-order chi connectivity index (χ0) is 14.8. The van der Waals surface area contributed by atoms with Crippen LogP contribution in [-0.2, 0) is 17.6 Å². The van der Waals surface area contributed by atoms with Crippen molar-refractivity contribution in [2.45, 2.75) is 12.8 Å². The van der Waals surface area contributed by atoms with E-state index in [1.54, 1.807) is 0 Å². The third-order valence-corrected chi connectivity index (χ3v) is 3.77. The van der Waals surface area contributed by atoms with Crippen molar-refractivity contribution in [1.82, 2.24) is 0 Å². The molecule has 0 aromatic heterocycles. The van der Waals surface area contributed by atoms with Crippen molar-refractivity contribution < 1.29 is 14.6 Å². The van der Waals surface area contributed by atoms with Gasteiger partial charge in [0.25, 0.3) is 0 Å². The highest BCUT2D eigenvalue weighted by Gasteiger charge is 2.24. The van der Waals surface area contributed by atoms with Crippen LogP contribution in [0.1, 0.15) is 16.7 Å². The number of rotatable bonds is 4. The first-order valence-electron chi connectivity index (χ1n) is 6.92. The Kier molecular flexibility index (Phi) is 3.59. The van der Waals surface area contributed by atoms with Gasteiger partial charge in [0.15, 0.2) is 0 Å². The van der Waals surface area contributed by atoms with Gasteiger partial charge in [-0.1, -0.05) is 43.0 Å². The van der Waals surface area contributed by atoms with Gasteiger partial charge in [-0.05, 0) is 28.7 Å². The Morgan fingerprint density at radius 2 is 2.05 bits per heavy atom. The number of benzene rings is 2. The normalized spacial score (nSPS) is 11.7. The summed E-state index contributed by atoms with van der Waals surface area (Å²) in [6.07, 6.45) is 2.36. The molecule has 2 aromatic carbocycles. The molecule has 0 atom stereocenters. The molecule has 3 rings (SSSR count). The summed E-state index contributed by atoms with van der Waals surface area (Å²) in [6.45, 7) is 3.46. The van der Waals surface area contributed by atoms with Crippen LogP contribution in [0.2, 0.25) is 0 Å². The van der Waals surface area contributed by atoms with Gasteiger partial charge >= 0.3 is 5.97 Å². The Bertz CT molecular complexity index is 716. The molecule has 0 radical (unpaired) electrons. The van der Waals surface area contributed by atoms with Crippen LogP contribution in [0.3, 0.4) is 0 Å². The molecule has 2 aromatic rings. The molecule has 1 N–H and O–H groups in total. The van der Waals surface area contributed by atoms with Crippen LogP contribution in [0.5, 0.6) is 5.75 Å². The van der Waals surface area contributed by atoms with Gasteiger partial charge in [-0.2, -0.15) is 0 Å². The van der Waals surface area contributed by atoms with Gasteiger partial charge in [-0.15, -0.1) is 0 Å². The van der Waals surface area contributed by atoms with Crippen molar-refractivity contribution in [3.63, 3.8) is 0 Å². The maximum absolute atomic E-state index is 11.6. The minimum atomic E-state index is -0.474. The Hall–Kier alpha value is -2.39. The Labute approximate surface area is 123 Å². The second-order valence-corrected chi connectivity index (χ2v) is 5.01. The average molecular weight is 280 g/mol. The van der Waals surface area contributed by atoms with Crippen molar-refractivity contribution in [2.24, 2.45) is 0 Å². The van der Waals surface area contributed by atoms with Crippen LogP contribution in [0, 0.1) is 0 Å². The molecule has 106 valence electrons. The van der Waals surface area contributed by atoms with Crippen molar-refractivity contribution in [3.05, 3.63) is 65.7 Å². The van der Waals surface area contributed by atoms with Crippen molar-refractivity contribution >= 4 is 5.97 Å². The fourth-order valence-electron chi connectivity index (χ4n) is 2.82. The Morgan fingerprint density at radius 1 is 1.24 bits per heavy atom. The number of carbonyl (C=O) groups excluding carboxylic acids is 1. The summed E-state index contributed by atoms with van der Waals surface area (Å²) in [5.41, 5.74) is 5.36. The minimum absolute atomic E-state index is 0.0182. The molecule has 0 saturated carbocycles. The lowest BCUT2D eigenvalue weighted by atomic mass is 10.0. The maximum atomic E-state index is 11.6. The summed E-state index contributed by atoms with van der Waals surface area (Å²) >= 11 is 0. The summed E-state index contributed by atoms with van der Waals surface area (Å²) in [7, 11) is 0. The van der Waals surface area contributed by atoms with E-state index in [1.807, 2.05) is 24.3 Å². The smallest absolute Gasteiger partial charge is 0.335 e. The van der Waals surface area contributed by atoms with Crippen LogP contribution in [-0.4, -0.2) is 17.7 Å². The molecule has 0 bridgehead atoms. The molecule has 0 heterocycles. The molecule has 21 heavy (non-hydrogen) atoms. The van der Waals surface area contributed by atoms with Crippen LogP contribution < -0.4 is 4.74 Å². The van der Waals surface area contributed by atoms with Crippen LogP contribution in [0.15, 0.2) is 49.1 Å². The van der Waals surface area contributed by atoms with Gasteiger partial charge in [-0.3, -0.25) is 0 Å². The van der Waals surface area contributed by atoms with E-state index >= 15 is 0 Å². The number of carbonyl (C=O) groups is 1. The van der Waals surface area contributed by atoms with Crippen molar-refractivity contribution in [3.8, 4) is 16.9 Å². The Balaban J connectivity index is 2.12. The Morgan fingerprint density at radius 3 is 2.81 bits per heavy atom. The molecule has 1 aliphatic rings. The fourth-order valence-corrected chi connectivity index (χ4v) is 2.82. The van der Waals surface area contributed by atoms with E-state index in [0.717, 1.165) is 29.2 Å². The maximum Gasteiger partial charge on any atom is 0.335 e. The highest BCUT2D eigenvalue weighted by atomic mass is 16.5. The van der Waals surface area contributed by atoms with Crippen molar-refractivity contribution in [1.29, 1.82) is 0 Å². The summed E-state index contributed by atoms with van der Waals surface area (Å²) in [5, 5.41) is 9.20. The minimum Gasteiger partial charge on any atom is -0.423 e. The molecule has 1 aliphatic carbocycles. The summed E-state index contributed by atoms with van der Waals surface area (Å²) in [4.78, 5) is 11.6. The number of fused-ring (bicyclic) bond motifs is 3. The predicted octanol–water partition coefficient (Wildman–Crippen LogP) is 2.88. The van der Waals surface area contributed by atoms with Gasteiger partial charge in [0.2, 0.25) is 0 Å². The lowest BCUT2D eigenvalue weighted by Crippen LogP contribution is -2.08. The molecule has 0 aliphatic heterocycles. The summed E-state index contributed by atoms with van der Waals surface area (Å²) < 4.78 is 5.45. The van der Waals surface area contributed by atoms with E-state index < -0.39 is 5.97 Å². The first-order valence-corrected chi connectivity index (χ1v) is 6.92. The van der Waals surface area contributed by atoms with E-state index in [-0.39, 0.29) is 6.61 Å². The molecule has 0 saturated heterocycles. The zero-order valence-electron chi connectivity index (χ0n) is 11.6. The fraction of sp³-hybridized carbons (Fsp3) is 0.167. The van der Waals surface area contributed by atoms with Gasteiger partial charge in [0.1, 0.15) is 5.75 Å². The van der Waals surface area contributed by atoms with Gasteiger partial charge in [-0.25, -0.2) is 4.79 Å². The number of aliphatic hydroxyl groups is 1. The molecular formula is C18H16O3. The van der Waals surface area contributed by atoms with Gasteiger partial charge in [0, 0.05) is 24.7 Å². The van der Waals surface area contributed by atoms with Gasteiger partial charge in [0.05, 0.1) is 0 Å². The summed E-state index contributed by atoms with van der Waals surface area (Å²) in [5.74, 6) is 0.0983. The molecule has 0 fully saturated rings. The van der Waals surface area contributed by atoms with Gasteiger partial charge < -0.3 is 9.84 Å². The number of ether oxygens (including phenoxy) is 1. The molecular weight excluding hydrogens is 264 g/mol. The first kappa shape index (κ1) is 13.6. The second kappa shape index (κ2) is 5.54. The lowest BCUT2D eigenvalue weighted by Gasteiger charge is -2.13. The highest BCUT2D eigenvalue weighted by Crippen LogP contribution is 2.42.